The van der Waals surface area contributed by atoms with Crippen LogP contribution >= 0.6 is 0 Å². The number of hydrogen-bond acceptors (Lipinski definition) is 3. The average molecular weight is 234 g/mol. The number of carbonyl (C=O) groups excluding carboxylic acids is 1. The molecule has 1 heterocycles. The highest BCUT2D eigenvalue weighted by atomic mass is 16.3. The second-order valence-corrected chi connectivity index (χ2v) is 4.44. The maximum Gasteiger partial charge on any atom is 0.224 e. The predicted molar refractivity (Wildman–Crippen MR) is 65.8 cm³/mol. The fourth-order valence-corrected chi connectivity index (χ4v) is 2.04. The minimum atomic E-state index is 0.0580. The largest absolute Gasteiger partial charge is 0.508 e. The van der Waals surface area contributed by atoms with Crippen molar-refractivity contribution in [3.8, 4) is 5.75 Å². The Kier molecular flexibility index (Phi) is 3.98. The van der Waals surface area contributed by atoms with Crippen LogP contribution in [-0.2, 0) is 11.2 Å². The quantitative estimate of drug-likeness (QED) is 0.725. The van der Waals surface area contributed by atoms with Crippen molar-refractivity contribution in [3.05, 3.63) is 29.8 Å². The monoisotopic (exact) mass is 234 g/mol. The second-order valence-electron chi connectivity index (χ2n) is 4.44. The average Bonchev–Trinajstić information content (AvgIpc) is 2.33. The molecule has 0 spiro atoms. The smallest absolute Gasteiger partial charge is 0.224 e. The molecular formula is C13H18N2O2. The first-order valence-corrected chi connectivity index (χ1v) is 6.02. The minimum Gasteiger partial charge on any atom is -0.508 e. The van der Waals surface area contributed by atoms with Gasteiger partial charge in [0.25, 0.3) is 0 Å². The number of aromatic hydroxyl groups is 1. The van der Waals surface area contributed by atoms with Crippen LogP contribution in [0.5, 0.6) is 5.75 Å². The third kappa shape index (κ3) is 3.75. The van der Waals surface area contributed by atoms with Crippen molar-refractivity contribution >= 4 is 5.91 Å². The first-order valence-electron chi connectivity index (χ1n) is 6.02. The Balaban J connectivity index is 1.82. The van der Waals surface area contributed by atoms with Gasteiger partial charge in [-0.05, 0) is 43.6 Å². The van der Waals surface area contributed by atoms with Gasteiger partial charge in [-0.2, -0.15) is 0 Å². The van der Waals surface area contributed by atoms with Crippen molar-refractivity contribution in [3.63, 3.8) is 0 Å². The van der Waals surface area contributed by atoms with Gasteiger partial charge in [0.2, 0.25) is 5.91 Å². The Hall–Kier alpha value is -1.55. The number of hydrogen-bond donors (Lipinski definition) is 3. The number of amides is 1. The topological polar surface area (TPSA) is 61.4 Å². The molecule has 3 N–H and O–H groups in total. The number of phenols is 1. The number of nitrogens with one attached hydrogen (secondary N) is 2. The van der Waals surface area contributed by atoms with Crippen LogP contribution in [0.4, 0.5) is 0 Å². The fraction of sp³-hybridized carbons (Fsp3) is 0.462. The predicted octanol–water partition coefficient (Wildman–Crippen LogP) is 0.803. The van der Waals surface area contributed by atoms with E-state index < -0.39 is 0 Å². The van der Waals surface area contributed by atoms with Crippen LogP contribution in [-0.4, -0.2) is 30.1 Å². The number of benzene rings is 1. The first-order chi connectivity index (χ1) is 8.24. The molecular weight excluding hydrogens is 216 g/mol. The number of phenolic OH excluding ortho intramolecular Hbond substituents is 1. The molecule has 1 amide bonds. The lowest BCUT2D eigenvalue weighted by Gasteiger charge is -2.23. The summed E-state index contributed by atoms with van der Waals surface area (Å²) in [5, 5.41) is 15.4. The molecule has 0 atom stereocenters. The normalized spacial score (nSPS) is 16.7. The van der Waals surface area contributed by atoms with Crippen molar-refractivity contribution in [2.75, 3.05) is 13.1 Å². The zero-order chi connectivity index (χ0) is 12.1. The molecule has 4 heteroatoms. The molecule has 0 radical (unpaired) electrons. The van der Waals surface area contributed by atoms with Crippen LogP contribution in [0.25, 0.3) is 0 Å². The molecule has 17 heavy (non-hydrogen) atoms. The lowest BCUT2D eigenvalue weighted by Crippen LogP contribution is -2.43. The van der Waals surface area contributed by atoms with Gasteiger partial charge in [0.05, 0.1) is 6.42 Å². The zero-order valence-corrected chi connectivity index (χ0v) is 9.78. The summed E-state index contributed by atoms with van der Waals surface area (Å²) in [5.74, 6) is 0.287. The maximum atomic E-state index is 11.8. The first kappa shape index (κ1) is 11.9. The minimum absolute atomic E-state index is 0.0580. The molecule has 2 rings (SSSR count). The SMILES string of the molecule is O=C(Cc1ccc(O)cc1)NC1CCNCC1. The Morgan fingerprint density at radius 1 is 1.29 bits per heavy atom. The van der Waals surface area contributed by atoms with Gasteiger partial charge < -0.3 is 15.7 Å². The van der Waals surface area contributed by atoms with Crippen LogP contribution in [0, 0.1) is 0 Å². The second kappa shape index (κ2) is 5.68. The summed E-state index contributed by atoms with van der Waals surface area (Å²) < 4.78 is 0. The molecule has 1 aliphatic heterocycles. The molecule has 0 aliphatic carbocycles. The van der Waals surface area contributed by atoms with E-state index in [0.717, 1.165) is 31.5 Å². The summed E-state index contributed by atoms with van der Waals surface area (Å²) in [6.45, 7) is 1.95. The van der Waals surface area contributed by atoms with Crippen LogP contribution < -0.4 is 10.6 Å². The van der Waals surface area contributed by atoms with Crippen LogP contribution in [0.15, 0.2) is 24.3 Å². The van der Waals surface area contributed by atoms with E-state index in [9.17, 15) is 4.79 Å². The Morgan fingerprint density at radius 3 is 2.59 bits per heavy atom. The summed E-state index contributed by atoms with van der Waals surface area (Å²) in [5.41, 5.74) is 0.925. The van der Waals surface area contributed by atoms with Gasteiger partial charge in [0, 0.05) is 6.04 Å². The number of rotatable bonds is 3. The van der Waals surface area contributed by atoms with Gasteiger partial charge in [-0.15, -0.1) is 0 Å². The summed E-state index contributed by atoms with van der Waals surface area (Å²) in [6, 6.07) is 7.07. The van der Waals surface area contributed by atoms with Crippen LogP contribution in [0.1, 0.15) is 18.4 Å². The van der Waals surface area contributed by atoms with E-state index in [1.807, 2.05) is 0 Å². The maximum absolute atomic E-state index is 11.8. The highest BCUT2D eigenvalue weighted by Crippen LogP contribution is 2.10. The van der Waals surface area contributed by atoms with E-state index in [1.54, 1.807) is 24.3 Å². The van der Waals surface area contributed by atoms with Gasteiger partial charge in [-0.1, -0.05) is 12.1 Å². The molecule has 1 fully saturated rings. The molecule has 1 aliphatic rings. The Morgan fingerprint density at radius 2 is 1.94 bits per heavy atom. The van der Waals surface area contributed by atoms with Crippen LogP contribution in [0.3, 0.4) is 0 Å². The molecule has 1 aromatic rings. The van der Waals surface area contributed by atoms with Gasteiger partial charge in [0.1, 0.15) is 5.75 Å². The molecule has 4 nitrogen and oxygen atoms in total. The molecule has 0 saturated carbocycles. The highest BCUT2D eigenvalue weighted by Gasteiger charge is 2.15. The third-order valence-corrected chi connectivity index (χ3v) is 3.01. The van der Waals surface area contributed by atoms with Gasteiger partial charge in [-0.25, -0.2) is 0 Å². The van der Waals surface area contributed by atoms with Crippen molar-refractivity contribution in [2.24, 2.45) is 0 Å². The molecule has 0 unspecified atom stereocenters. The Bertz CT molecular complexity index is 370. The molecule has 1 saturated heterocycles. The summed E-state index contributed by atoms with van der Waals surface area (Å²) in [4.78, 5) is 11.8. The molecule has 92 valence electrons. The molecule has 1 aromatic carbocycles. The van der Waals surface area contributed by atoms with Crippen molar-refractivity contribution in [1.29, 1.82) is 0 Å². The van der Waals surface area contributed by atoms with Crippen molar-refractivity contribution in [1.82, 2.24) is 10.6 Å². The van der Waals surface area contributed by atoms with Crippen molar-refractivity contribution in [2.45, 2.75) is 25.3 Å². The van der Waals surface area contributed by atoms with Gasteiger partial charge in [-0.3, -0.25) is 4.79 Å². The summed E-state index contributed by atoms with van der Waals surface area (Å²) in [6.07, 6.45) is 2.38. The zero-order valence-electron chi connectivity index (χ0n) is 9.78. The summed E-state index contributed by atoms with van der Waals surface area (Å²) in [7, 11) is 0. The summed E-state index contributed by atoms with van der Waals surface area (Å²) >= 11 is 0. The standard InChI is InChI=1S/C13H18N2O2/c16-12-3-1-10(2-4-12)9-13(17)15-11-5-7-14-8-6-11/h1-4,11,14,16H,5-9H2,(H,15,17). The van der Waals surface area contributed by atoms with E-state index >= 15 is 0 Å². The van der Waals surface area contributed by atoms with E-state index in [0.29, 0.717) is 12.5 Å². The lowest BCUT2D eigenvalue weighted by atomic mass is 10.1. The van der Waals surface area contributed by atoms with E-state index in [-0.39, 0.29) is 11.7 Å². The van der Waals surface area contributed by atoms with Gasteiger partial charge >= 0.3 is 0 Å². The number of piperidine rings is 1. The van der Waals surface area contributed by atoms with Crippen LogP contribution in [0.2, 0.25) is 0 Å². The number of carbonyl (C=O) groups is 1. The van der Waals surface area contributed by atoms with E-state index in [4.69, 9.17) is 5.11 Å². The Labute approximate surface area is 101 Å². The molecule has 0 aromatic heterocycles. The van der Waals surface area contributed by atoms with Gasteiger partial charge in [0.15, 0.2) is 0 Å². The lowest BCUT2D eigenvalue weighted by molar-refractivity contribution is -0.121. The highest BCUT2D eigenvalue weighted by molar-refractivity contribution is 5.78. The fourth-order valence-electron chi connectivity index (χ4n) is 2.04. The van der Waals surface area contributed by atoms with E-state index in [1.165, 1.54) is 0 Å². The molecule has 0 bridgehead atoms. The van der Waals surface area contributed by atoms with E-state index in [2.05, 4.69) is 10.6 Å². The van der Waals surface area contributed by atoms with Crippen molar-refractivity contribution < 1.29 is 9.90 Å². The third-order valence-electron chi connectivity index (χ3n) is 3.01.